The lowest BCUT2D eigenvalue weighted by Gasteiger charge is -2.07. The molecule has 1 heterocycles. The van der Waals surface area contributed by atoms with Gasteiger partial charge < -0.3 is 9.52 Å². The van der Waals surface area contributed by atoms with Crippen LogP contribution < -0.4 is 0 Å². The molecule has 2 aromatic carbocycles. The highest BCUT2D eigenvalue weighted by molar-refractivity contribution is 6.00. The summed E-state index contributed by atoms with van der Waals surface area (Å²) in [6.45, 7) is 1.98. The Labute approximate surface area is 116 Å². The van der Waals surface area contributed by atoms with Crippen LogP contribution in [0.2, 0.25) is 0 Å². The van der Waals surface area contributed by atoms with Crippen LogP contribution in [0.15, 0.2) is 59.0 Å². The molecular formula is C17H14O3. The largest absolute Gasteiger partial charge is 0.453 e. The van der Waals surface area contributed by atoms with Crippen LogP contribution in [0.3, 0.4) is 0 Å². The lowest BCUT2D eigenvalue weighted by atomic mass is 10.0. The molecule has 0 aliphatic rings. The Morgan fingerprint density at radius 1 is 1.10 bits per heavy atom. The summed E-state index contributed by atoms with van der Waals surface area (Å²) in [5, 5.41) is 11.0. The lowest BCUT2D eigenvalue weighted by Crippen LogP contribution is -2.11. The minimum absolute atomic E-state index is 0.182. The Hall–Kier alpha value is -2.39. The number of furan rings is 1. The van der Waals surface area contributed by atoms with Crippen molar-refractivity contribution in [3.05, 3.63) is 71.5 Å². The predicted octanol–water partition coefficient (Wildman–Crippen LogP) is 3.66. The molecule has 0 amide bonds. The van der Waals surface area contributed by atoms with E-state index in [-0.39, 0.29) is 5.76 Å². The van der Waals surface area contributed by atoms with Crippen LogP contribution in [0, 0.1) is 6.92 Å². The van der Waals surface area contributed by atoms with E-state index in [1.807, 2.05) is 31.2 Å². The maximum absolute atomic E-state index is 12.3. The molecule has 100 valence electrons. The van der Waals surface area contributed by atoms with Gasteiger partial charge in [0.15, 0.2) is 5.76 Å². The normalized spacial score (nSPS) is 12.5. The average Bonchev–Trinajstić information content (AvgIpc) is 2.89. The van der Waals surface area contributed by atoms with Gasteiger partial charge in [0.1, 0.15) is 11.7 Å². The zero-order chi connectivity index (χ0) is 14.1. The van der Waals surface area contributed by atoms with Crippen LogP contribution >= 0.6 is 0 Å². The van der Waals surface area contributed by atoms with E-state index in [1.165, 1.54) is 0 Å². The zero-order valence-corrected chi connectivity index (χ0v) is 11.0. The Bertz CT molecular complexity index is 756. The fourth-order valence-electron chi connectivity index (χ4n) is 2.21. The van der Waals surface area contributed by atoms with Crippen molar-refractivity contribution in [3.8, 4) is 0 Å². The molecule has 0 fully saturated rings. The third-order valence-corrected chi connectivity index (χ3v) is 3.28. The second-order valence-electron chi connectivity index (χ2n) is 4.83. The molecule has 1 unspecified atom stereocenters. The van der Waals surface area contributed by atoms with Gasteiger partial charge in [0.2, 0.25) is 5.78 Å². The van der Waals surface area contributed by atoms with E-state index < -0.39 is 11.9 Å². The number of aliphatic hydroxyl groups excluding tert-OH is 1. The van der Waals surface area contributed by atoms with Gasteiger partial charge in [-0.05, 0) is 30.7 Å². The smallest absolute Gasteiger partial charge is 0.230 e. The van der Waals surface area contributed by atoms with Crippen molar-refractivity contribution in [2.75, 3.05) is 0 Å². The third kappa shape index (κ3) is 2.24. The number of hydrogen-bond acceptors (Lipinski definition) is 3. The van der Waals surface area contributed by atoms with Crippen LogP contribution in [0.5, 0.6) is 0 Å². The molecule has 0 saturated carbocycles. The summed E-state index contributed by atoms with van der Waals surface area (Å²) >= 11 is 0. The predicted molar refractivity (Wildman–Crippen MR) is 76.7 cm³/mol. The number of fused-ring (bicyclic) bond motifs is 1. The highest BCUT2D eigenvalue weighted by atomic mass is 16.4. The summed E-state index contributed by atoms with van der Waals surface area (Å²) < 4.78 is 5.52. The van der Waals surface area contributed by atoms with Crippen molar-refractivity contribution in [2.24, 2.45) is 0 Å². The molecule has 1 N–H and O–H groups in total. The molecule has 0 saturated heterocycles. The van der Waals surface area contributed by atoms with Gasteiger partial charge in [-0.2, -0.15) is 0 Å². The van der Waals surface area contributed by atoms with Crippen LogP contribution in [0.4, 0.5) is 0 Å². The number of aliphatic hydroxyl groups is 1. The van der Waals surface area contributed by atoms with Gasteiger partial charge >= 0.3 is 0 Å². The van der Waals surface area contributed by atoms with Crippen molar-refractivity contribution in [2.45, 2.75) is 13.0 Å². The van der Waals surface area contributed by atoms with E-state index in [0.29, 0.717) is 11.1 Å². The van der Waals surface area contributed by atoms with Crippen molar-refractivity contribution in [3.63, 3.8) is 0 Å². The van der Waals surface area contributed by atoms with Crippen LogP contribution in [0.1, 0.15) is 27.8 Å². The van der Waals surface area contributed by atoms with Crippen molar-refractivity contribution < 1.29 is 14.3 Å². The van der Waals surface area contributed by atoms with Crippen LogP contribution in [-0.4, -0.2) is 10.9 Å². The first-order chi connectivity index (χ1) is 9.65. The quantitative estimate of drug-likeness (QED) is 0.736. The van der Waals surface area contributed by atoms with Crippen LogP contribution in [0.25, 0.3) is 11.0 Å². The minimum atomic E-state index is -1.20. The number of ketones is 1. The molecule has 3 nitrogen and oxygen atoms in total. The standard InChI is InChI=1S/C17H14O3/c1-11-7-8-14-13(9-11)10-15(20-14)17(19)16(18)12-5-3-2-4-6-12/h2-10,16,18H,1H3. The number of aryl methyl sites for hydroxylation is 1. The molecule has 0 bridgehead atoms. The topological polar surface area (TPSA) is 50.4 Å². The number of benzene rings is 2. The molecule has 0 radical (unpaired) electrons. The summed E-state index contributed by atoms with van der Waals surface area (Å²) in [6, 6.07) is 16.2. The van der Waals surface area contributed by atoms with Gasteiger partial charge in [0.25, 0.3) is 0 Å². The number of carbonyl (C=O) groups excluding carboxylic acids is 1. The second kappa shape index (κ2) is 4.94. The Kier molecular flexibility index (Phi) is 3.12. The number of carbonyl (C=O) groups is 1. The molecule has 1 atom stereocenters. The number of Topliss-reactive ketones (excluding diaryl/α,β-unsaturated/α-hetero) is 1. The average molecular weight is 266 g/mol. The van der Waals surface area contributed by atoms with E-state index in [1.54, 1.807) is 30.3 Å². The summed E-state index contributed by atoms with van der Waals surface area (Å²) in [5.74, 6) is -0.244. The molecule has 0 spiro atoms. The number of hydrogen-bond donors (Lipinski definition) is 1. The first kappa shape index (κ1) is 12.6. The fraction of sp³-hybridized carbons (Fsp3) is 0.118. The molecule has 3 heteroatoms. The summed E-state index contributed by atoms with van der Waals surface area (Å²) in [4.78, 5) is 12.3. The molecule has 0 aliphatic carbocycles. The molecule has 20 heavy (non-hydrogen) atoms. The maximum Gasteiger partial charge on any atom is 0.230 e. The SMILES string of the molecule is Cc1ccc2oc(C(=O)C(O)c3ccccc3)cc2c1. The van der Waals surface area contributed by atoms with Crippen molar-refractivity contribution in [1.82, 2.24) is 0 Å². The molecule has 3 rings (SSSR count). The first-order valence-corrected chi connectivity index (χ1v) is 6.42. The van der Waals surface area contributed by atoms with Gasteiger partial charge in [0, 0.05) is 5.39 Å². The first-order valence-electron chi connectivity index (χ1n) is 6.42. The summed E-state index contributed by atoms with van der Waals surface area (Å²) in [7, 11) is 0. The third-order valence-electron chi connectivity index (χ3n) is 3.28. The highest BCUT2D eigenvalue weighted by Crippen LogP contribution is 2.25. The highest BCUT2D eigenvalue weighted by Gasteiger charge is 2.22. The fourth-order valence-corrected chi connectivity index (χ4v) is 2.21. The number of rotatable bonds is 3. The second-order valence-corrected chi connectivity index (χ2v) is 4.83. The zero-order valence-electron chi connectivity index (χ0n) is 11.0. The Balaban J connectivity index is 1.96. The van der Waals surface area contributed by atoms with Gasteiger partial charge in [-0.1, -0.05) is 42.0 Å². The van der Waals surface area contributed by atoms with E-state index in [4.69, 9.17) is 4.42 Å². The summed E-state index contributed by atoms with van der Waals surface area (Å²) in [5.41, 5.74) is 2.31. The van der Waals surface area contributed by atoms with Crippen LogP contribution in [-0.2, 0) is 0 Å². The van der Waals surface area contributed by atoms with Gasteiger partial charge in [-0.25, -0.2) is 0 Å². The summed E-state index contributed by atoms with van der Waals surface area (Å²) in [6.07, 6.45) is -1.20. The van der Waals surface area contributed by atoms with E-state index in [0.717, 1.165) is 10.9 Å². The van der Waals surface area contributed by atoms with E-state index in [9.17, 15) is 9.90 Å². The van der Waals surface area contributed by atoms with Gasteiger partial charge in [0.05, 0.1) is 0 Å². The maximum atomic E-state index is 12.3. The van der Waals surface area contributed by atoms with E-state index in [2.05, 4.69) is 0 Å². The van der Waals surface area contributed by atoms with Crippen molar-refractivity contribution in [1.29, 1.82) is 0 Å². The van der Waals surface area contributed by atoms with E-state index >= 15 is 0 Å². The minimum Gasteiger partial charge on any atom is -0.453 e. The van der Waals surface area contributed by atoms with Crippen molar-refractivity contribution >= 4 is 16.8 Å². The molecule has 0 aliphatic heterocycles. The molecular weight excluding hydrogens is 252 g/mol. The Morgan fingerprint density at radius 2 is 1.85 bits per heavy atom. The molecule has 1 aromatic heterocycles. The van der Waals surface area contributed by atoms with Gasteiger partial charge in [-0.15, -0.1) is 0 Å². The lowest BCUT2D eigenvalue weighted by molar-refractivity contribution is 0.0720. The Morgan fingerprint density at radius 3 is 2.60 bits per heavy atom. The monoisotopic (exact) mass is 266 g/mol. The molecule has 3 aromatic rings. The van der Waals surface area contributed by atoms with Gasteiger partial charge in [-0.3, -0.25) is 4.79 Å².